The second-order valence-corrected chi connectivity index (χ2v) is 4.66. The van der Waals surface area contributed by atoms with E-state index in [2.05, 4.69) is 5.32 Å². The molecule has 1 aliphatic rings. The average molecular weight is 199 g/mol. The number of rotatable bonds is 2. The fourth-order valence-corrected chi connectivity index (χ4v) is 3.08. The lowest BCUT2D eigenvalue weighted by molar-refractivity contribution is 0.533. The Hall–Kier alpha value is -0.410. The van der Waals surface area contributed by atoms with E-state index >= 15 is 0 Å². The molecule has 0 saturated heterocycles. The summed E-state index contributed by atoms with van der Waals surface area (Å²) in [7, 11) is 1.96. The fourth-order valence-electron chi connectivity index (χ4n) is 2.07. The molecule has 0 aromatic carbocycles. The second-order valence-electron chi connectivity index (χ2n) is 3.58. The van der Waals surface area contributed by atoms with Crippen LogP contribution < -0.4 is 5.32 Å². The molecule has 0 saturated carbocycles. The zero-order valence-electron chi connectivity index (χ0n) is 7.77. The van der Waals surface area contributed by atoms with Crippen LogP contribution in [0.2, 0.25) is 0 Å². The van der Waals surface area contributed by atoms with E-state index in [0.717, 1.165) is 13.0 Å². The largest absolute Gasteiger partial charge is 0.319 e. The lowest BCUT2D eigenvalue weighted by Crippen LogP contribution is -2.20. The highest BCUT2D eigenvalue weighted by Crippen LogP contribution is 2.35. The van der Waals surface area contributed by atoms with Gasteiger partial charge in [0.05, 0.1) is 0 Å². The summed E-state index contributed by atoms with van der Waals surface area (Å²) < 4.78 is 13.0. The third kappa shape index (κ3) is 1.76. The summed E-state index contributed by atoms with van der Waals surface area (Å²) in [5.74, 6) is 0.537. The third-order valence-corrected chi connectivity index (χ3v) is 3.66. The van der Waals surface area contributed by atoms with Gasteiger partial charge in [-0.25, -0.2) is 0 Å². The lowest BCUT2D eigenvalue weighted by Gasteiger charge is -2.21. The summed E-state index contributed by atoms with van der Waals surface area (Å²) in [6.07, 6.45) is 3.48. The van der Waals surface area contributed by atoms with Crippen molar-refractivity contribution in [2.75, 3.05) is 13.6 Å². The van der Waals surface area contributed by atoms with E-state index in [-0.39, 0.29) is 5.13 Å². The molecule has 0 aliphatic heterocycles. The highest BCUT2D eigenvalue weighted by Gasteiger charge is 2.22. The van der Waals surface area contributed by atoms with Crippen molar-refractivity contribution < 1.29 is 4.39 Å². The predicted octanol–water partition coefficient (Wildman–Crippen LogP) is 2.53. The van der Waals surface area contributed by atoms with Gasteiger partial charge in [-0.05, 0) is 43.9 Å². The van der Waals surface area contributed by atoms with Crippen LogP contribution in [0, 0.1) is 5.13 Å². The van der Waals surface area contributed by atoms with Gasteiger partial charge in [-0.3, -0.25) is 0 Å². The molecule has 13 heavy (non-hydrogen) atoms. The molecule has 72 valence electrons. The predicted molar refractivity (Wildman–Crippen MR) is 53.9 cm³/mol. The van der Waals surface area contributed by atoms with Crippen LogP contribution in [0.25, 0.3) is 0 Å². The van der Waals surface area contributed by atoms with E-state index in [4.69, 9.17) is 0 Å². The van der Waals surface area contributed by atoms with E-state index in [0.29, 0.717) is 5.92 Å². The third-order valence-electron chi connectivity index (χ3n) is 2.66. The van der Waals surface area contributed by atoms with Crippen LogP contribution in [-0.2, 0) is 6.42 Å². The number of nitrogens with one attached hydrogen (secondary N) is 1. The van der Waals surface area contributed by atoms with Crippen LogP contribution in [0.4, 0.5) is 4.39 Å². The summed E-state index contributed by atoms with van der Waals surface area (Å²) in [6.45, 7) is 0.975. The van der Waals surface area contributed by atoms with Gasteiger partial charge in [0.1, 0.15) is 0 Å². The second kappa shape index (κ2) is 3.76. The molecule has 1 aliphatic carbocycles. The van der Waals surface area contributed by atoms with Crippen molar-refractivity contribution in [1.29, 1.82) is 0 Å². The number of halogens is 1. The number of hydrogen-bond donors (Lipinski definition) is 1. The molecule has 3 heteroatoms. The molecule has 1 N–H and O–H groups in total. The Balaban J connectivity index is 2.25. The van der Waals surface area contributed by atoms with Crippen LogP contribution in [0.3, 0.4) is 0 Å². The average Bonchev–Trinajstić information content (AvgIpc) is 2.47. The van der Waals surface area contributed by atoms with Crippen molar-refractivity contribution in [3.05, 3.63) is 21.6 Å². The highest BCUT2D eigenvalue weighted by molar-refractivity contribution is 7.10. The molecule has 0 bridgehead atoms. The number of fused-ring (bicyclic) bond motifs is 1. The van der Waals surface area contributed by atoms with Crippen molar-refractivity contribution in [1.82, 2.24) is 5.32 Å². The van der Waals surface area contributed by atoms with Crippen LogP contribution in [0.1, 0.15) is 29.2 Å². The summed E-state index contributed by atoms with van der Waals surface area (Å²) in [6, 6.07) is 1.72. The molecule has 2 rings (SSSR count). The van der Waals surface area contributed by atoms with Gasteiger partial charge >= 0.3 is 0 Å². The maximum Gasteiger partial charge on any atom is 0.176 e. The first-order chi connectivity index (χ1) is 6.31. The summed E-state index contributed by atoms with van der Waals surface area (Å²) in [5, 5.41) is 3.15. The van der Waals surface area contributed by atoms with Crippen molar-refractivity contribution in [2.24, 2.45) is 0 Å². The molecule has 0 spiro atoms. The zero-order chi connectivity index (χ0) is 9.26. The zero-order valence-corrected chi connectivity index (χ0v) is 8.59. The van der Waals surface area contributed by atoms with Gasteiger partial charge in [-0.15, -0.1) is 11.3 Å². The molecule has 1 nitrogen and oxygen atoms in total. The molecule has 1 atom stereocenters. The molecule has 1 heterocycles. The van der Waals surface area contributed by atoms with Crippen molar-refractivity contribution in [3.8, 4) is 0 Å². The van der Waals surface area contributed by atoms with Crippen LogP contribution in [0.15, 0.2) is 6.07 Å². The Kier molecular flexibility index (Phi) is 2.65. The minimum atomic E-state index is -0.0204. The van der Waals surface area contributed by atoms with Crippen LogP contribution in [0.5, 0.6) is 0 Å². The Morgan fingerprint density at radius 1 is 1.69 bits per heavy atom. The SMILES string of the molecule is CNC[C@H]1CCCc2sc(F)cc21. The molecule has 1 aromatic rings. The van der Waals surface area contributed by atoms with Gasteiger partial charge in [0, 0.05) is 11.4 Å². The van der Waals surface area contributed by atoms with Gasteiger partial charge in [0.15, 0.2) is 5.13 Å². The van der Waals surface area contributed by atoms with Crippen molar-refractivity contribution in [2.45, 2.75) is 25.2 Å². The summed E-state index contributed by atoms with van der Waals surface area (Å²) in [4.78, 5) is 1.27. The number of likely N-dealkylation sites (N-methyl/N-ethyl adjacent to an activating group) is 1. The number of aryl methyl sites for hydroxylation is 1. The highest BCUT2D eigenvalue weighted by atomic mass is 32.1. The van der Waals surface area contributed by atoms with Gasteiger partial charge in [-0.1, -0.05) is 0 Å². The summed E-state index contributed by atoms with van der Waals surface area (Å²) >= 11 is 1.33. The van der Waals surface area contributed by atoms with E-state index in [1.165, 1.54) is 34.6 Å². The Bertz CT molecular complexity index is 295. The quantitative estimate of drug-likeness (QED) is 0.771. The summed E-state index contributed by atoms with van der Waals surface area (Å²) in [5.41, 5.74) is 1.25. The Labute approximate surface area is 82.0 Å². The maximum atomic E-state index is 13.0. The molecule has 0 amide bonds. The molecule has 0 radical (unpaired) electrons. The van der Waals surface area contributed by atoms with Crippen LogP contribution >= 0.6 is 11.3 Å². The van der Waals surface area contributed by atoms with Gasteiger partial charge < -0.3 is 5.32 Å². The molecular weight excluding hydrogens is 185 g/mol. The molecule has 1 aromatic heterocycles. The van der Waals surface area contributed by atoms with E-state index in [1.54, 1.807) is 6.07 Å². The maximum absolute atomic E-state index is 13.0. The van der Waals surface area contributed by atoms with E-state index < -0.39 is 0 Å². The van der Waals surface area contributed by atoms with E-state index in [1.807, 2.05) is 7.05 Å². The lowest BCUT2D eigenvalue weighted by atomic mass is 9.88. The smallest absolute Gasteiger partial charge is 0.176 e. The van der Waals surface area contributed by atoms with Gasteiger partial charge in [-0.2, -0.15) is 4.39 Å². The normalized spacial score (nSPS) is 21.5. The number of thiophene rings is 1. The topological polar surface area (TPSA) is 12.0 Å². The first-order valence-electron chi connectivity index (χ1n) is 4.74. The fraction of sp³-hybridized carbons (Fsp3) is 0.600. The Morgan fingerprint density at radius 3 is 3.31 bits per heavy atom. The minimum Gasteiger partial charge on any atom is -0.319 e. The van der Waals surface area contributed by atoms with Crippen LogP contribution in [-0.4, -0.2) is 13.6 Å². The first kappa shape index (κ1) is 9.16. The number of hydrogen-bond acceptors (Lipinski definition) is 2. The molecule has 0 fully saturated rings. The minimum absolute atomic E-state index is 0.0204. The molecular formula is C10H14FNS. The van der Waals surface area contributed by atoms with Crippen molar-refractivity contribution >= 4 is 11.3 Å². The monoisotopic (exact) mass is 199 g/mol. The standard InChI is InChI=1S/C10H14FNS/c1-12-6-7-3-2-4-9-8(7)5-10(11)13-9/h5,7,12H,2-4,6H2,1H3/t7-/m1/s1. The first-order valence-corrected chi connectivity index (χ1v) is 5.55. The van der Waals surface area contributed by atoms with E-state index in [9.17, 15) is 4.39 Å². The van der Waals surface area contributed by atoms with Crippen molar-refractivity contribution in [3.63, 3.8) is 0 Å². The molecule has 0 unspecified atom stereocenters. The Morgan fingerprint density at radius 2 is 2.54 bits per heavy atom. The van der Waals surface area contributed by atoms with Gasteiger partial charge in [0.2, 0.25) is 0 Å². The van der Waals surface area contributed by atoms with Gasteiger partial charge in [0.25, 0.3) is 0 Å².